The Morgan fingerprint density at radius 1 is 1.00 bits per heavy atom. The molecule has 2 N–H and O–H groups in total. The van der Waals surface area contributed by atoms with Crippen LogP contribution in [-0.4, -0.2) is 54.3 Å². The Balaban J connectivity index is 1.89. The van der Waals surface area contributed by atoms with Gasteiger partial charge in [-0.1, -0.05) is 30.3 Å². The van der Waals surface area contributed by atoms with E-state index in [-0.39, 0.29) is 12.0 Å². The smallest absolute Gasteiger partial charge is 0.339 e. The molecule has 0 fully saturated rings. The molecule has 0 bridgehead atoms. The molecule has 198 valence electrons. The summed E-state index contributed by atoms with van der Waals surface area (Å²) in [6, 6.07) is 13.2. The highest BCUT2D eigenvalue weighted by Gasteiger charge is 2.22. The number of aromatic nitrogens is 1. The van der Waals surface area contributed by atoms with Crippen LogP contribution >= 0.6 is 0 Å². The number of benzene rings is 2. The number of carbonyl (C=O) groups is 2. The minimum absolute atomic E-state index is 0.199. The van der Waals surface area contributed by atoms with Crippen LogP contribution in [0, 0.1) is 6.92 Å². The van der Waals surface area contributed by atoms with Gasteiger partial charge in [0.2, 0.25) is 0 Å². The van der Waals surface area contributed by atoms with Crippen LogP contribution in [0.2, 0.25) is 0 Å². The van der Waals surface area contributed by atoms with Gasteiger partial charge in [0, 0.05) is 30.9 Å². The van der Waals surface area contributed by atoms with E-state index in [4.69, 9.17) is 18.9 Å². The number of rotatable bonds is 13. The van der Waals surface area contributed by atoms with Crippen molar-refractivity contribution in [3.8, 4) is 11.5 Å². The zero-order chi connectivity index (χ0) is 26.9. The maximum absolute atomic E-state index is 12.2. The van der Waals surface area contributed by atoms with Crippen molar-refractivity contribution in [2.24, 2.45) is 0 Å². The molecule has 3 rings (SSSR count). The van der Waals surface area contributed by atoms with Crippen LogP contribution in [0.4, 0.5) is 0 Å². The minimum atomic E-state index is -1.08. The van der Waals surface area contributed by atoms with Crippen LogP contribution in [0.3, 0.4) is 0 Å². The van der Waals surface area contributed by atoms with Crippen molar-refractivity contribution in [2.75, 3.05) is 21.3 Å². The first kappa shape index (κ1) is 27.8. The molecule has 9 heteroatoms. The molecule has 0 amide bonds. The average molecular weight is 512 g/mol. The summed E-state index contributed by atoms with van der Waals surface area (Å²) in [5.41, 5.74) is 3.07. The summed E-state index contributed by atoms with van der Waals surface area (Å²) in [5.74, 6) is -0.405. The summed E-state index contributed by atoms with van der Waals surface area (Å²) >= 11 is 0. The molecule has 3 aromatic rings. The number of hydrogen-bond donors (Lipinski definition) is 2. The Morgan fingerprint density at radius 3 is 2.22 bits per heavy atom. The number of aliphatic hydroxyl groups excluding tert-OH is 1. The van der Waals surface area contributed by atoms with E-state index in [1.54, 1.807) is 31.2 Å². The summed E-state index contributed by atoms with van der Waals surface area (Å²) in [4.78, 5) is 23.4. The topological polar surface area (TPSA) is 116 Å². The summed E-state index contributed by atoms with van der Waals surface area (Å²) in [5, 5.41) is 20.0. The molecular formula is C28H33NO8. The Bertz CT molecular complexity index is 1180. The highest BCUT2D eigenvalue weighted by atomic mass is 16.6. The molecule has 0 saturated heterocycles. The Morgan fingerprint density at radius 2 is 1.65 bits per heavy atom. The van der Waals surface area contributed by atoms with Gasteiger partial charge in [0.05, 0.1) is 39.4 Å². The van der Waals surface area contributed by atoms with Gasteiger partial charge in [-0.15, -0.1) is 0 Å². The van der Waals surface area contributed by atoms with Gasteiger partial charge in [-0.25, -0.2) is 4.79 Å². The molecule has 0 aliphatic heterocycles. The van der Waals surface area contributed by atoms with E-state index in [1.807, 2.05) is 49.4 Å². The third-order valence-electron chi connectivity index (χ3n) is 6.08. The highest BCUT2D eigenvalue weighted by Crippen LogP contribution is 2.35. The standard InChI is InChI=1S/C28H33NO8/c1-18-24(34-2)13-20(14-25(18)35-3)23(37-27(32)12-19-8-6-5-7-9-19)10-11-29-16-21(15-26(30)31)22(17-29)28(33)36-4/h5-9,13-14,16-17,23,27,32H,10-12,15H2,1-4H3,(H,30,31). The lowest BCUT2D eigenvalue weighted by molar-refractivity contribution is -0.139. The number of esters is 1. The molecule has 0 spiro atoms. The lowest BCUT2D eigenvalue weighted by atomic mass is 10.0. The maximum Gasteiger partial charge on any atom is 0.339 e. The predicted octanol–water partition coefficient (Wildman–Crippen LogP) is 3.94. The summed E-state index contributed by atoms with van der Waals surface area (Å²) in [7, 11) is 4.40. The van der Waals surface area contributed by atoms with Crippen LogP contribution in [0.25, 0.3) is 0 Å². The number of aryl methyl sites for hydroxylation is 1. The van der Waals surface area contributed by atoms with Gasteiger partial charge in [-0.2, -0.15) is 0 Å². The van der Waals surface area contributed by atoms with Crippen molar-refractivity contribution >= 4 is 11.9 Å². The van der Waals surface area contributed by atoms with Gasteiger partial charge in [0.15, 0.2) is 6.29 Å². The van der Waals surface area contributed by atoms with Crippen LogP contribution in [0.1, 0.15) is 45.1 Å². The van der Waals surface area contributed by atoms with Crippen LogP contribution in [0.15, 0.2) is 54.9 Å². The van der Waals surface area contributed by atoms with E-state index < -0.39 is 24.3 Å². The van der Waals surface area contributed by atoms with E-state index in [9.17, 15) is 19.8 Å². The average Bonchev–Trinajstić information content (AvgIpc) is 3.28. The van der Waals surface area contributed by atoms with E-state index in [0.29, 0.717) is 36.4 Å². The molecule has 0 saturated carbocycles. The van der Waals surface area contributed by atoms with Gasteiger partial charge in [0.1, 0.15) is 11.5 Å². The second kappa shape index (κ2) is 12.9. The number of aliphatic hydroxyl groups is 1. The molecule has 0 aliphatic rings. The molecule has 9 nitrogen and oxygen atoms in total. The fourth-order valence-corrected chi connectivity index (χ4v) is 4.21. The predicted molar refractivity (Wildman–Crippen MR) is 136 cm³/mol. The number of methoxy groups -OCH3 is 3. The number of carboxylic acids is 1. The second-order valence-electron chi connectivity index (χ2n) is 8.61. The zero-order valence-corrected chi connectivity index (χ0v) is 21.5. The first-order valence-corrected chi connectivity index (χ1v) is 11.8. The van der Waals surface area contributed by atoms with E-state index in [0.717, 1.165) is 16.7 Å². The van der Waals surface area contributed by atoms with Gasteiger partial charge in [-0.05, 0) is 42.2 Å². The number of hydrogen-bond acceptors (Lipinski definition) is 7. The van der Waals surface area contributed by atoms with Crippen molar-refractivity contribution in [3.63, 3.8) is 0 Å². The van der Waals surface area contributed by atoms with E-state index in [2.05, 4.69) is 0 Å². The number of carbonyl (C=O) groups excluding carboxylic acids is 1. The third-order valence-corrected chi connectivity index (χ3v) is 6.08. The summed E-state index contributed by atoms with van der Waals surface area (Å²) < 4.78 is 23.7. The Hall–Kier alpha value is -3.82. The molecule has 1 heterocycles. The largest absolute Gasteiger partial charge is 0.496 e. The van der Waals surface area contributed by atoms with Crippen LogP contribution in [-0.2, 0) is 33.7 Å². The molecule has 2 atom stereocenters. The van der Waals surface area contributed by atoms with Gasteiger partial charge in [-0.3, -0.25) is 4.79 Å². The lowest BCUT2D eigenvalue weighted by Gasteiger charge is -2.24. The van der Waals surface area contributed by atoms with E-state index in [1.165, 1.54) is 7.11 Å². The number of aliphatic carboxylic acids is 1. The normalized spacial score (nSPS) is 12.6. The highest BCUT2D eigenvalue weighted by molar-refractivity contribution is 5.92. The van der Waals surface area contributed by atoms with Crippen LogP contribution < -0.4 is 9.47 Å². The van der Waals surface area contributed by atoms with Crippen molar-refractivity contribution in [3.05, 3.63) is 82.7 Å². The number of nitrogens with zero attached hydrogens (tertiary/aromatic N) is 1. The molecule has 2 aromatic carbocycles. The maximum atomic E-state index is 12.2. The summed E-state index contributed by atoms with van der Waals surface area (Å²) in [6.45, 7) is 2.27. The number of ether oxygens (including phenoxy) is 4. The monoisotopic (exact) mass is 511 g/mol. The van der Waals surface area contributed by atoms with Gasteiger partial charge in [0.25, 0.3) is 0 Å². The van der Waals surface area contributed by atoms with E-state index >= 15 is 0 Å². The Labute approximate surface area is 216 Å². The molecule has 2 unspecified atom stereocenters. The quantitative estimate of drug-likeness (QED) is 0.262. The molecule has 37 heavy (non-hydrogen) atoms. The first-order chi connectivity index (χ1) is 17.7. The molecular weight excluding hydrogens is 478 g/mol. The lowest BCUT2D eigenvalue weighted by Crippen LogP contribution is -2.20. The van der Waals surface area contributed by atoms with Crippen molar-refractivity contribution in [1.29, 1.82) is 0 Å². The fraction of sp³-hybridized carbons (Fsp3) is 0.357. The second-order valence-corrected chi connectivity index (χ2v) is 8.61. The molecule has 0 radical (unpaired) electrons. The summed E-state index contributed by atoms with van der Waals surface area (Å²) in [6.07, 6.45) is 1.95. The number of carboxylic acid groups (broad SMARTS) is 1. The van der Waals surface area contributed by atoms with Crippen LogP contribution in [0.5, 0.6) is 11.5 Å². The fourth-order valence-electron chi connectivity index (χ4n) is 4.21. The Kier molecular flexibility index (Phi) is 9.71. The zero-order valence-electron chi connectivity index (χ0n) is 21.5. The van der Waals surface area contributed by atoms with Gasteiger partial charge < -0.3 is 33.7 Å². The molecule has 1 aromatic heterocycles. The van der Waals surface area contributed by atoms with Gasteiger partial charge >= 0.3 is 11.9 Å². The van der Waals surface area contributed by atoms with Crippen molar-refractivity contribution < 1.29 is 38.7 Å². The SMILES string of the molecule is COC(=O)c1cn(CCC(OC(O)Cc2ccccc2)c2cc(OC)c(C)c(OC)c2)cc1CC(=O)O. The van der Waals surface area contributed by atoms with Crippen molar-refractivity contribution in [1.82, 2.24) is 4.57 Å². The molecule has 0 aliphatic carbocycles. The van der Waals surface area contributed by atoms with Crippen molar-refractivity contribution in [2.45, 2.75) is 45.1 Å². The third kappa shape index (κ3) is 7.34. The first-order valence-electron chi connectivity index (χ1n) is 11.8. The minimum Gasteiger partial charge on any atom is -0.496 e.